The molecule has 1 saturated heterocycles. The minimum absolute atomic E-state index is 0.151. The van der Waals surface area contributed by atoms with Crippen molar-refractivity contribution < 1.29 is 4.79 Å². The van der Waals surface area contributed by atoms with E-state index in [9.17, 15) is 4.79 Å². The molecule has 1 N–H and O–H groups in total. The van der Waals surface area contributed by atoms with Crippen LogP contribution in [-0.4, -0.2) is 29.9 Å². The van der Waals surface area contributed by atoms with Gasteiger partial charge in [0, 0.05) is 23.6 Å². The second-order valence-electron chi connectivity index (χ2n) is 6.03. The fraction of sp³-hybridized carbons (Fsp3) is 0.562. The normalized spacial score (nSPS) is 25.7. The Hall–Kier alpha value is -0.870. The number of hydrogen-bond donors (Lipinski definition) is 1. The highest BCUT2D eigenvalue weighted by Crippen LogP contribution is 2.32. The summed E-state index contributed by atoms with van der Waals surface area (Å²) in [6.45, 7) is 4.70. The lowest BCUT2D eigenvalue weighted by molar-refractivity contribution is -0.137. The Morgan fingerprint density at radius 3 is 2.70 bits per heavy atom. The van der Waals surface area contributed by atoms with Crippen LogP contribution in [0.5, 0.6) is 0 Å². The summed E-state index contributed by atoms with van der Waals surface area (Å²) in [5.41, 5.74) is 1.20. The minimum Gasteiger partial charge on any atom is -0.335 e. The quantitative estimate of drug-likeness (QED) is 0.916. The fourth-order valence-electron chi connectivity index (χ4n) is 2.94. The average molecular weight is 337 g/mol. The van der Waals surface area contributed by atoms with Crippen molar-refractivity contribution in [2.24, 2.45) is 11.8 Å². The Balaban J connectivity index is 1.76. The van der Waals surface area contributed by atoms with E-state index in [1.165, 1.54) is 5.56 Å². The molecule has 4 heteroatoms. The van der Waals surface area contributed by atoms with Gasteiger partial charge >= 0.3 is 0 Å². The van der Waals surface area contributed by atoms with Crippen molar-refractivity contribution in [1.29, 1.82) is 0 Å². The van der Waals surface area contributed by atoms with Crippen LogP contribution in [0.4, 0.5) is 0 Å². The Labute approximate surface area is 128 Å². The maximum atomic E-state index is 12.8. The zero-order valence-corrected chi connectivity index (χ0v) is 13.4. The van der Waals surface area contributed by atoms with E-state index in [4.69, 9.17) is 0 Å². The van der Waals surface area contributed by atoms with Gasteiger partial charge in [-0.15, -0.1) is 0 Å². The molecule has 3 rings (SSSR count). The number of nitrogens with zero attached hydrogens (tertiary/aromatic N) is 1. The van der Waals surface area contributed by atoms with Gasteiger partial charge in [-0.3, -0.25) is 4.79 Å². The van der Waals surface area contributed by atoms with Crippen molar-refractivity contribution in [3.05, 3.63) is 34.3 Å². The van der Waals surface area contributed by atoms with Crippen molar-refractivity contribution in [2.45, 2.75) is 32.4 Å². The Kier molecular flexibility index (Phi) is 4.13. The number of hydrogen-bond acceptors (Lipinski definition) is 2. The van der Waals surface area contributed by atoms with Crippen molar-refractivity contribution in [1.82, 2.24) is 10.2 Å². The van der Waals surface area contributed by atoms with Gasteiger partial charge in [0.1, 0.15) is 0 Å². The first-order chi connectivity index (χ1) is 9.66. The lowest BCUT2D eigenvalue weighted by Gasteiger charge is -2.27. The second-order valence-corrected chi connectivity index (χ2v) is 6.89. The summed E-state index contributed by atoms with van der Waals surface area (Å²) >= 11 is 3.59. The van der Waals surface area contributed by atoms with Gasteiger partial charge in [-0.05, 0) is 36.9 Å². The molecule has 1 heterocycles. The highest BCUT2D eigenvalue weighted by atomic mass is 79.9. The number of carbonyl (C=O) groups excluding carboxylic acids is 1. The summed E-state index contributed by atoms with van der Waals surface area (Å²) in [5.74, 6) is 0.932. The van der Waals surface area contributed by atoms with Gasteiger partial charge in [0.05, 0.1) is 5.92 Å². The summed E-state index contributed by atoms with van der Waals surface area (Å²) in [7, 11) is 0. The van der Waals surface area contributed by atoms with Crippen LogP contribution in [0.25, 0.3) is 0 Å². The number of nitrogens with one attached hydrogen (secondary N) is 1. The van der Waals surface area contributed by atoms with E-state index in [1.54, 1.807) is 0 Å². The van der Waals surface area contributed by atoms with Gasteiger partial charge in [0.25, 0.3) is 0 Å². The second kappa shape index (κ2) is 5.86. The molecule has 2 fully saturated rings. The smallest absolute Gasteiger partial charge is 0.227 e. The summed E-state index contributed by atoms with van der Waals surface area (Å²) in [6.07, 6.45) is 2.31. The van der Waals surface area contributed by atoms with Crippen LogP contribution in [0.3, 0.4) is 0 Å². The maximum Gasteiger partial charge on any atom is 0.227 e. The van der Waals surface area contributed by atoms with Crippen LogP contribution in [0, 0.1) is 11.8 Å². The van der Waals surface area contributed by atoms with Gasteiger partial charge in [0.2, 0.25) is 5.91 Å². The van der Waals surface area contributed by atoms with Crippen molar-refractivity contribution in [3.63, 3.8) is 0 Å². The topological polar surface area (TPSA) is 32.3 Å². The van der Waals surface area contributed by atoms with Crippen molar-refractivity contribution in [2.75, 3.05) is 13.1 Å². The van der Waals surface area contributed by atoms with E-state index in [0.717, 1.165) is 36.9 Å². The summed E-state index contributed by atoms with van der Waals surface area (Å²) in [6, 6.07) is 8.66. The predicted octanol–water partition coefficient (Wildman–Crippen LogP) is 2.80. The van der Waals surface area contributed by atoms with Crippen molar-refractivity contribution in [3.8, 4) is 0 Å². The van der Waals surface area contributed by atoms with E-state index in [-0.39, 0.29) is 5.92 Å². The summed E-state index contributed by atoms with van der Waals surface area (Å²) in [5, 5.41) is 3.34. The average Bonchev–Trinajstić information content (AvgIpc) is 3.19. The van der Waals surface area contributed by atoms with E-state index >= 15 is 0 Å². The van der Waals surface area contributed by atoms with Crippen molar-refractivity contribution >= 4 is 21.8 Å². The molecule has 1 aromatic carbocycles. The van der Waals surface area contributed by atoms with Crippen LogP contribution in [0.1, 0.15) is 25.3 Å². The molecule has 1 saturated carbocycles. The first-order valence-corrected chi connectivity index (χ1v) is 8.20. The first kappa shape index (κ1) is 14.1. The lowest BCUT2D eigenvalue weighted by atomic mass is 9.96. The molecule has 20 heavy (non-hydrogen) atoms. The zero-order valence-electron chi connectivity index (χ0n) is 11.8. The molecule has 3 nitrogen and oxygen atoms in total. The SMILES string of the molecule is CC1CNCC1C(=O)N(Cc1ccccc1Br)C1CC1. The van der Waals surface area contributed by atoms with Gasteiger partial charge in [-0.2, -0.15) is 0 Å². The van der Waals surface area contributed by atoms with Crippen LogP contribution < -0.4 is 5.32 Å². The maximum absolute atomic E-state index is 12.8. The Bertz CT molecular complexity index is 501. The van der Waals surface area contributed by atoms with Gasteiger partial charge in [-0.1, -0.05) is 41.1 Å². The van der Waals surface area contributed by atoms with E-state index in [0.29, 0.717) is 17.9 Å². The summed E-state index contributed by atoms with van der Waals surface area (Å²) in [4.78, 5) is 14.9. The molecule has 1 aromatic rings. The molecule has 0 radical (unpaired) electrons. The Morgan fingerprint density at radius 1 is 1.35 bits per heavy atom. The summed E-state index contributed by atoms with van der Waals surface area (Å²) < 4.78 is 1.09. The number of amides is 1. The van der Waals surface area contributed by atoms with E-state index in [2.05, 4.69) is 39.1 Å². The molecule has 2 aliphatic rings. The number of halogens is 1. The molecule has 0 spiro atoms. The van der Waals surface area contributed by atoms with Gasteiger partial charge in [0.15, 0.2) is 0 Å². The largest absolute Gasteiger partial charge is 0.335 e. The predicted molar refractivity (Wildman–Crippen MR) is 83.2 cm³/mol. The fourth-order valence-corrected chi connectivity index (χ4v) is 3.35. The molecular weight excluding hydrogens is 316 g/mol. The third kappa shape index (κ3) is 2.91. The molecule has 1 aliphatic carbocycles. The van der Waals surface area contributed by atoms with Crippen LogP contribution in [0.2, 0.25) is 0 Å². The number of rotatable bonds is 4. The standard InChI is InChI=1S/C16H21BrN2O/c1-11-8-18-9-14(11)16(20)19(13-6-7-13)10-12-4-2-3-5-15(12)17/h2-5,11,13-14,18H,6-10H2,1H3. The minimum atomic E-state index is 0.151. The molecule has 0 aromatic heterocycles. The van der Waals surface area contributed by atoms with Gasteiger partial charge in [-0.25, -0.2) is 0 Å². The molecule has 108 valence electrons. The molecule has 2 atom stereocenters. The van der Waals surface area contributed by atoms with Crippen LogP contribution in [0.15, 0.2) is 28.7 Å². The highest BCUT2D eigenvalue weighted by molar-refractivity contribution is 9.10. The highest BCUT2D eigenvalue weighted by Gasteiger charge is 2.39. The number of benzene rings is 1. The third-order valence-electron chi connectivity index (χ3n) is 4.40. The Morgan fingerprint density at radius 2 is 2.10 bits per heavy atom. The monoisotopic (exact) mass is 336 g/mol. The lowest BCUT2D eigenvalue weighted by Crippen LogP contribution is -2.39. The first-order valence-electron chi connectivity index (χ1n) is 7.41. The van der Waals surface area contributed by atoms with Gasteiger partial charge < -0.3 is 10.2 Å². The molecule has 1 amide bonds. The van der Waals surface area contributed by atoms with E-state index < -0.39 is 0 Å². The molecule has 1 aliphatic heterocycles. The zero-order chi connectivity index (χ0) is 14.1. The molecular formula is C16H21BrN2O. The van der Waals surface area contributed by atoms with Crippen LogP contribution >= 0.6 is 15.9 Å². The number of carbonyl (C=O) groups is 1. The van der Waals surface area contributed by atoms with E-state index in [1.807, 2.05) is 18.2 Å². The van der Waals surface area contributed by atoms with Crippen LogP contribution in [-0.2, 0) is 11.3 Å². The third-order valence-corrected chi connectivity index (χ3v) is 5.18. The molecule has 0 bridgehead atoms. The molecule has 2 unspecified atom stereocenters.